The maximum absolute atomic E-state index is 13.5. The molecule has 0 aromatic heterocycles. The molecule has 0 aliphatic carbocycles. The molecule has 0 spiro atoms. The van der Waals surface area contributed by atoms with Crippen molar-refractivity contribution in [3.63, 3.8) is 0 Å². The Morgan fingerprint density at radius 3 is 2.55 bits per heavy atom. The molecule has 1 fully saturated rings. The molecule has 1 saturated heterocycles. The maximum atomic E-state index is 13.5. The molecule has 22 heavy (non-hydrogen) atoms. The van der Waals surface area contributed by atoms with Gasteiger partial charge in [0.05, 0.1) is 0 Å². The molecule has 5 heteroatoms. The number of rotatable bonds is 5. The summed E-state index contributed by atoms with van der Waals surface area (Å²) in [6.45, 7) is 9.35. The van der Waals surface area contributed by atoms with Gasteiger partial charge in [-0.15, -0.1) is 0 Å². The van der Waals surface area contributed by atoms with Gasteiger partial charge in [-0.3, -0.25) is 4.90 Å². The van der Waals surface area contributed by atoms with Crippen LogP contribution < -0.4 is 5.32 Å². The number of nitrogens with zero attached hydrogens (tertiary/aromatic N) is 2. The minimum atomic E-state index is -0.209. The molecule has 2 rings (SSSR count). The van der Waals surface area contributed by atoms with Gasteiger partial charge in [0.1, 0.15) is 5.82 Å². The third kappa shape index (κ3) is 4.98. The van der Waals surface area contributed by atoms with Gasteiger partial charge in [-0.25, -0.2) is 9.18 Å². The highest BCUT2D eigenvalue weighted by molar-refractivity contribution is 5.74. The van der Waals surface area contributed by atoms with Crippen molar-refractivity contribution >= 4 is 6.03 Å². The SMILES string of the molecule is CC(C)CN1CCN(C(=O)NCCc2ccccc2F)CC1. The van der Waals surface area contributed by atoms with E-state index in [1.165, 1.54) is 6.07 Å². The van der Waals surface area contributed by atoms with Crippen molar-refractivity contribution in [2.75, 3.05) is 39.3 Å². The van der Waals surface area contributed by atoms with Crippen molar-refractivity contribution in [2.45, 2.75) is 20.3 Å². The molecule has 1 aliphatic rings. The lowest BCUT2D eigenvalue weighted by atomic mass is 10.1. The van der Waals surface area contributed by atoms with Gasteiger partial charge in [-0.05, 0) is 24.0 Å². The van der Waals surface area contributed by atoms with Gasteiger partial charge in [-0.2, -0.15) is 0 Å². The molecule has 0 bridgehead atoms. The van der Waals surface area contributed by atoms with Crippen molar-refractivity contribution in [3.05, 3.63) is 35.6 Å². The zero-order valence-corrected chi connectivity index (χ0v) is 13.5. The monoisotopic (exact) mass is 307 g/mol. The van der Waals surface area contributed by atoms with Gasteiger partial charge in [0.2, 0.25) is 0 Å². The van der Waals surface area contributed by atoms with Crippen LogP contribution in [0.4, 0.5) is 9.18 Å². The highest BCUT2D eigenvalue weighted by Crippen LogP contribution is 2.07. The molecule has 0 atom stereocenters. The van der Waals surface area contributed by atoms with Crippen LogP contribution in [0.2, 0.25) is 0 Å². The lowest BCUT2D eigenvalue weighted by Gasteiger charge is -2.35. The summed E-state index contributed by atoms with van der Waals surface area (Å²) in [5, 5.41) is 2.89. The van der Waals surface area contributed by atoms with E-state index in [1.807, 2.05) is 11.0 Å². The van der Waals surface area contributed by atoms with E-state index in [0.29, 0.717) is 24.4 Å². The van der Waals surface area contributed by atoms with Crippen molar-refractivity contribution in [1.29, 1.82) is 0 Å². The average Bonchev–Trinajstić information content (AvgIpc) is 2.49. The summed E-state index contributed by atoms with van der Waals surface area (Å²) in [4.78, 5) is 16.3. The van der Waals surface area contributed by atoms with Crippen LogP contribution in [-0.2, 0) is 6.42 Å². The Bertz CT molecular complexity index is 485. The van der Waals surface area contributed by atoms with E-state index < -0.39 is 0 Å². The van der Waals surface area contributed by atoms with Gasteiger partial charge >= 0.3 is 6.03 Å². The second-order valence-corrected chi connectivity index (χ2v) is 6.25. The highest BCUT2D eigenvalue weighted by Gasteiger charge is 2.20. The van der Waals surface area contributed by atoms with E-state index in [1.54, 1.807) is 12.1 Å². The maximum Gasteiger partial charge on any atom is 0.317 e. The minimum Gasteiger partial charge on any atom is -0.338 e. The normalized spacial score (nSPS) is 16.1. The molecule has 4 nitrogen and oxygen atoms in total. The summed E-state index contributed by atoms with van der Waals surface area (Å²) in [5.74, 6) is 0.445. The Labute approximate surface area is 132 Å². The number of benzene rings is 1. The molecule has 1 aromatic rings. The minimum absolute atomic E-state index is 0.0412. The van der Waals surface area contributed by atoms with Crippen LogP contribution in [0.1, 0.15) is 19.4 Å². The summed E-state index contributed by atoms with van der Waals surface area (Å²) in [7, 11) is 0. The predicted octanol–water partition coefficient (Wildman–Crippen LogP) is 2.35. The highest BCUT2D eigenvalue weighted by atomic mass is 19.1. The van der Waals surface area contributed by atoms with Crippen LogP contribution >= 0.6 is 0 Å². The standard InChI is InChI=1S/C17H26FN3O/c1-14(2)13-20-9-11-21(12-10-20)17(22)19-8-7-15-5-3-4-6-16(15)18/h3-6,14H,7-13H2,1-2H3,(H,19,22). The third-order valence-corrected chi connectivity index (χ3v) is 3.91. The van der Waals surface area contributed by atoms with E-state index in [4.69, 9.17) is 0 Å². The molecular weight excluding hydrogens is 281 g/mol. The zero-order valence-electron chi connectivity index (χ0n) is 13.5. The van der Waals surface area contributed by atoms with Gasteiger partial charge < -0.3 is 10.2 Å². The topological polar surface area (TPSA) is 35.6 Å². The Kier molecular flexibility index (Phi) is 6.19. The quantitative estimate of drug-likeness (QED) is 0.906. The summed E-state index contributed by atoms with van der Waals surface area (Å²) in [5.41, 5.74) is 0.643. The van der Waals surface area contributed by atoms with Crippen LogP contribution in [0.15, 0.2) is 24.3 Å². The Morgan fingerprint density at radius 2 is 1.91 bits per heavy atom. The number of hydrogen-bond acceptors (Lipinski definition) is 2. The second kappa shape index (κ2) is 8.13. The van der Waals surface area contributed by atoms with Crippen molar-refractivity contribution < 1.29 is 9.18 Å². The summed E-state index contributed by atoms with van der Waals surface area (Å²) < 4.78 is 13.5. The van der Waals surface area contributed by atoms with E-state index >= 15 is 0 Å². The summed E-state index contributed by atoms with van der Waals surface area (Å²) >= 11 is 0. The van der Waals surface area contributed by atoms with Crippen LogP contribution in [0, 0.1) is 11.7 Å². The third-order valence-electron chi connectivity index (χ3n) is 3.91. The smallest absolute Gasteiger partial charge is 0.317 e. The Morgan fingerprint density at radius 1 is 1.23 bits per heavy atom. The number of hydrogen-bond donors (Lipinski definition) is 1. The van der Waals surface area contributed by atoms with Crippen LogP contribution in [0.25, 0.3) is 0 Å². The Hall–Kier alpha value is -1.62. The number of piperazine rings is 1. The number of halogens is 1. The molecule has 122 valence electrons. The number of nitrogens with one attached hydrogen (secondary N) is 1. The lowest BCUT2D eigenvalue weighted by Crippen LogP contribution is -2.52. The number of carbonyl (C=O) groups is 1. The summed E-state index contributed by atoms with van der Waals surface area (Å²) in [6, 6.07) is 6.65. The molecule has 1 aliphatic heterocycles. The zero-order chi connectivity index (χ0) is 15.9. The number of urea groups is 1. The van der Waals surface area contributed by atoms with E-state index in [0.717, 1.165) is 32.7 Å². The van der Waals surface area contributed by atoms with Crippen LogP contribution in [-0.4, -0.2) is 55.1 Å². The van der Waals surface area contributed by atoms with Crippen molar-refractivity contribution in [1.82, 2.24) is 15.1 Å². The first-order valence-electron chi connectivity index (χ1n) is 8.05. The largest absolute Gasteiger partial charge is 0.338 e. The first-order chi connectivity index (χ1) is 10.6. The predicted molar refractivity (Wildman–Crippen MR) is 86.4 cm³/mol. The van der Waals surface area contributed by atoms with Gasteiger partial charge in [-0.1, -0.05) is 32.0 Å². The molecule has 0 saturated carbocycles. The summed E-state index contributed by atoms with van der Waals surface area (Å²) in [6.07, 6.45) is 0.520. The van der Waals surface area contributed by atoms with Crippen LogP contribution in [0.5, 0.6) is 0 Å². The van der Waals surface area contributed by atoms with Gasteiger partial charge in [0, 0.05) is 39.3 Å². The molecular formula is C17H26FN3O. The molecule has 2 amide bonds. The fraction of sp³-hybridized carbons (Fsp3) is 0.588. The molecule has 0 radical (unpaired) electrons. The van der Waals surface area contributed by atoms with E-state index in [-0.39, 0.29) is 11.8 Å². The number of amides is 2. The molecule has 1 N–H and O–H groups in total. The fourth-order valence-corrected chi connectivity index (χ4v) is 2.77. The van der Waals surface area contributed by atoms with Gasteiger partial charge in [0.15, 0.2) is 0 Å². The van der Waals surface area contributed by atoms with Crippen molar-refractivity contribution in [3.8, 4) is 0 Å². The molecule has 1 aromatic carbocycles. The lowest BCUT2D eigenvalue weighted by molar-refractivity contribution is 0.131. The first kappa shape index (κ1) is 16.7. The molecule has 0 unspecified atom stereocenters. The first-order valence-corrected chi connectivity index (χ1v) is 8.05. The van der Waals surface area contributed by atoms with Crippen LogP contribution in [0.3, 0.4) is 0 Å². The molecule has 1 heterocycles. The second-order valence-electron chi connectivity index (χ2n) is 6.25. The average molecular weight is 307 g/mol. The van der Waals surface area contributed by atoms with Gasteiger partial charge in [0.25, 0.3) is 0 Å². The number of carbonyl (C=O) groups excluding carboxylic acids is 1. The van der Waals surface area contributed by atoms with E-state index in [9.17, 15) is 9.18 Å². The van der Waals surface area contributed by atoms with E-state index in [2.05, 4.69) is 24.1 Å². The Balaban J connectivity index is 1.69. The fourth-order valence-electron chi connectivity index (χ4n) is 2.77. The van der Waals surface area contributed by atoms with Crippen molar-refractivity contribution in [2.24, 2.45) is 5.92 Å².